The maximum absolute atomic E-state index is 13.2. The second kappa shape index (κ2) is 7.47. The molecule has 0 amide bonds. The summed E-state index contributed by atoms with van der Waals surface area (Å²) < 4.78 is 6.94. The highest BCUT2D eigenvalue weighted by molar-refractivity contribution is 5.87. The van der Waals surface area contributed by atoms with E-state index in [0.717, 1.165) is 10.1 Å². The maximum Gasteiger partial charge on any atom is 0.311 e. The molecule has 0 aliphatic carbocycles. The van der Waals surface area contributed by atoms with E-state index in [9.17, 15) is 20.0 Å². The van der Waals surface area contributed by atoms with Crippen molar-refractivity contribution in [2.45, 2.75) is 0 Å². The van der Waals surface area contributed by atoms with Gasteiger partial charge in [0.15, 0.2) is 5.76 Å². The molecule has 3 aromatic carbocycles. The van der Waals surface area contributed by atoms with Gasteiger partial charge in [0, 0.05) is 17.0 Å². The number of rotatable bonds is 4. The molecule has 0 fully saturated rings. The van der Waals surface area contributed by atoms with Gasteiger partial charge in [0.05, 0.1) is 22.0 Å². The second-order valence-electron chi connectivity index (χ2n) is 6.93. The third kappa shape index (κ3) is 3.18. The standard InChI is InChI=1S/C23H14N4O5/c28-21-15(7-5-10-18(21)27(30)31)13-24-26-22(20-12-14-6-1-4-11-19(14)32-20)25-17-9-3-2-8-16(17)23(26)29/h1-13,28H. The number of hydrogen-bond acceptors (Lipinski definition) is 7. The van der Waals surface area contributed by atoms with Crippen molar-refractivity contribution in [2.75, 3.05) is 0 Å². The number of phenolic OH excluding ortho intramolecular Hbond substituents is 1. The van der Waals surface area contributed by atoms with E-state index in [-0.39, 0.29) is 11.4 Å². The number of nitrogens with zero attached hydrogens (tertiary/aromatic N) is 4. The predicted molar refractivity (Wildman–Crippen MR) is 119 cm³/mol. The molecule has 0 unspecified atom stereocenters. The minimum absolute atomic E-state index is 0.0785. The Balaban J connectivity index is 1.73. The van der Waals surface area contributed by atoms with Gasteiger partial charge in [-0.1, -0.05) is 36.4 Å². The average molecular weight is 426 g/mol. The summed E-state index contributed by atoms with van der Waals surface area (Å²) in [5.74, 6) is -0.0612. The van der Waals surface area contributed by atoms with Crippen LogP contribution < -0.4 is 5.56 Å². The molecular weight excluding hydrogens is 412 g/mol. The van der Waals surface area contributed by atoms with Crippen molar-refractivity contribution in [3.8, 4) is 17.3 Å². The molecule has 0 aliphatic rings. The van der Waals surface area contributed by atoms with Gasteiger partial charge in [0.1, 0.15) is 5.58 Å². The first kappa shape index (κ1) is 19.2. The van der Waals surface area contributed by atoms with Crippen LogP contribution in [0.25, 0.3) is 33.5 Å². The SMILES string of the molecule is O=c1c2ccccc2nc(-c2cc3ccccc3o2)n1N=Cc1cccc([N+](=O)[O-])c1O. The predicted octanol–water partition coefficient (Wildman–Crippen LogP) is 4.31. The molecule has 9 heteroatoms. The zero-order chi connectivity index (χ0) is 22.2. The van der Waals surface area contributed by atoms with E-state index in [4.69, 9.17) is 4.42 Å². The van der Waals surface area contributed by atoms with Crippen molar-refractivity contribution in [1.29, 1.82) is 0 Å². The maximum atomic E-state index is 13.2. The quantitative estimate of drug-likeness (QED) is 0.259. The summed E-state index contributed by atoms with van der Waals surface area (Å²) in [4.78, 5) is 28.2. The smallest absolute Gasteiger partial charge is 0.311 e. The van der Waals surface area contributed by atoms with E-state index in [1.165, 1.54) is 24.4 Å². The van der Waals surface area contributed by atoms with E-state index in [0.29, 0.717) is 22.2 Å². The number of nitro benzene ring substituents is 1. The molecule has 2 aromatic heterocycles. The van der Waals surface area contributed by atoms with Crippen LogP contribution in [0.2, 0.25) is 0 Å². The fourth-order valence-electron chi connectivity index (χ4n) is 3.40. The topological polar surface area (TPSA) is 124 Å². The Morgan fingerprint density at radius 2 is 1.84 bits per heavy atom. The lowest BCUT2D eigenvalue weighted by molar-refractivity contribution is -0.385. The Kier molecular flexibility index (Phi) is 4.48. The van der Waals surface area contributed by atoms with E-state index >= 15 is 0 Å². The number of hydrogen-bond donors (Lipinski definition) is 1. The van der Waals surface area contributed by atoms with Crippen molar-refractivity contribution >= 4 is 33.8 Å². The monoisotopic (exact) mass is 426 g/mol. The molecule has 0 bridgehead atoms. The molecule has 1 N–H and O–H groups in total. The number of nitro groups is 1. The van der Waals surface area contributed by atoms with Crippen LogP contribution in [0, 0.1) is 10.1 Å². The Labute approximate surface area is 179 Å². The lowest BCUT2D eigenvalue weighted by atomic mass is 10.2. The average Bonchev–Trinajstić information content (AvgIpc) is 3.23. The van der Waals surface area contributed by atoms with Gasteiger partial charge in [0.2, 0.25) is 11.6 Å². The van der Waals surface area contributed by atoms with Crippen LogP contribution in [0.15, 0.2) is 87.1 Å². The van der Waals surface area contributed by atoms with Crippen molar-refractivity contribution in [3.05, 3.63) is 98.8 Å². The van der Waals surface area contributed by atoms with Crippen LogP contribution in [-0.2, 0) is 0 Å². The molecule has 0 spiro atoms. The Morgan fingerprint density at radius 1 is 1.06 bits per heavy atom. The summed E-state index contributed by atoms with van der Waals surface area (Å²) in [6, 6.07) is 20.0. The summed E-state index contributed by atoms with van der Waals surface area (Å²) in [5.41, 5.74) is 0.256. The molecule has 0 saturated carbocycles. The molecule has 5 aromatic rings. The minimum Gasteiger partial charge on any atom is -0.502 e. The van der Waals surface area contributed by atoms with Crippen LogP contribution in [0.4, 0.5) is 5.69 Å². The second-order valence-corrected chi connectivity index (χ2v) is 6.93. The Morgan fingerprint density at radius 3 is 2.66 bits per heavy atom. The third-order valence-corrected chi connectivity index (χ3v) is 4.95. The molecule has 0 radical (unpaired) electrons. The van der Waals surface area contributed by atoms with Crippen LogP contribution in [-0.4, -0.2) is 25.9 Å². The van der Waals surface area contributed by atoms with Crippen LogP contribution in [0.3, 0.4) is 0 Å². The highest BCUT2D eigenvalue weighted by atomic mass is 16.6. The number of fused-ring (bicyclic) bond motifs is 2. The molecule has 9 nitrogen and oxygen atoms in total. The first-order chi connectivity index (χ1) is 15.5. The third-order valence-electron chi connectivity index (χ3n) is 4.95. The van der Waals surface area contributed by atoms with Crippen molar-refractivity contribution in [1.82, 2.24) is 9.66 Å². The van der Waals surface area contributed by atoms with Gasteiger partial charge < -0.3 is 9.52 Å². The largest absolute Gasteiger partial charge is 0.502 e. The minimum atomic E-state index is -0.698. The van der Waals surface area contributed by atoms with Gasteiger partial charge in [-0.25, -0.2) is 4.98 Å². The van der Waals surface area contributed by atoms with Gasteiger partial charge in [-0.15, -0.1) is 0 Å². The van der Waals surface area contributed by atoms with E-state index in [2.05, 4.69) is 10.1 Å². The van der Waals surface area contributed by atoms with Crippen LogP contribution >= 0.6 is 0 Å². The number of furan rings is 1. The van der Waals surface area contributed by atoms with Gasteiger partial charge in [-0.2, -0.15) is 9.78 Å². The van der Waals surface area contributed by atoms with Crippen molar-refractivity contribution in [2.24, 2.45) is 5.10 Å². The molecule has 156 valence electrons. The van der Waals surface area contributed by atoms with E-state index < -0.39 is 21.9 Å². The van der Waals surface area contributed by atoms with Gasteiger partial charge in [-0.05, 0) is 30.3 Å². The number of para-hydroxylation sites is 3. The molecule has 0 atom stereocenters. The zero-order valence-electron chi connectivity index (χ0n) is 16.4. The van der Waals surface area contributed by atoms with E-state index in [1.807, 2.05) is 18.2 Å². The molecular formula is C23H14N4O5. The molecule has 2 heterocycles. The highest BCUT2D eigenvalue weighted by Gasteiger charge is 2.18. The number of aromatic hydroxyl groups is 1. The Hall–Kier alpha value is -4.79. The van der Waals surface area contributed by atoms with Gasteiger partial charge >= 0.3 is 5.69 Å². The summed E-state index contributed by atoms with van der Waals surface area (Å²) in [7, 11) is 0. The van der Waals surface area contributed by atoms with Crippen molar-refractivity contribution in [3.63, 3.8) is 0 Å². The summed E-state index contributed by atoms with van der Waals surface area (Å²) in [6.45, 7) is 0. The van der Waals surface area contributed by atoms with Crippen molar-refractivity contribution < 1.29 is 14.4 Å². The van der Waals surface area contributed by atoms with Crippen LogP contribution in [0.1, 0.15) is 5.56 Å². The fourth-order valence-corrected chi connectivity index (χ4v) is 3.40. The Bertz CT molecular complexity index is 1570. The first-order valence-electron chi connectivity index (χ1n) is 9.54. The van der Waals surface area contributed by atoms with Gasteiger partial charge in [-0.3, -0.25) is 14.9 Å². The number of aromatic nitrogens is 2. The van der Waals surface area contributed by atoms with Crippen LogP contribution in [0.5, 0.6) is 5.75 Å². The molecule has 0 saturated heterocycles. The molecule has 32 heavy (non-hydrogen) atoms. The normalized spacial score (nSPS) is 11.5. The van der Waals surface area contributed by atoms with Gasteiger partial charge in [0.25, 0.3) is 5.56 Å². The number of benzene rings is 3. The summed E-state index contributed by atoms with van der Waals surface area (Å²) >= 11 is 0. The lowest BCUT2D eigenvalue weighted by Crippen LogP contribution is -2.20. The lowest BCUT2D eigenvalue weighted by Gasteiger charge is -2.07. The first-order valence-corrected chi connectivity index (χ1v) is 9.54. The molecule has 0 aliphatic heterocycles. The summed E-state index contributed by atoms with van der Waals surface area (Å²) in [6.07, 6.45) is 1.17. The zero-order valence-corrected chi connectivity index (χ0v) is 16.4. The summed E-state index contributed by atoms with van der Waals surface area (Å²) in [5, 5.41) is 26.7. The molecule has 5 rings (SSSR count). The fraction of sp³-hybridized carbons (Fsp3) is 0. The highest BCUT2D eigenvalue weighted by Crippen LogP contribution is 2.29. The number of phenols is 1. The van der Waals surface area contributed by atoms with E-state index in [1.54, 1.807) is 36.4 Å².